The highest BCUT2D eigenvalue weighted by molar-refractivity contribution is 5.39. The third kappa shape index (κ3) is 3.89. The van der Waals surface area contributed by atoms with E-state index >= 15 is 0 Å². The first-order valence-electron chi connectivity index (χ1n) is 6.09. The molecule has 0 unspecified atom stereocenters. The Morgan fingerprint density at radius 3 is 2.39 bits per heavy atom. The zero-order valence-electron chi connectivity index (χ0n) is 11.6. The molecule has 102 valence electrons. The zero-order chi connectivity index (χ0) is 13.6. The van der Waals surface area contributed by atoms with Gasteiger partial charge in [0.25, 0.3) is 0 Å². The van der Waals surface area contributed by atoms with Crippen molar-refractivity contribution < 1.29 is 14.6 Å². The van der Waals surface area contributed by atoms with Crippen LogP contribution >= 0.6 is 0 Å². The smallest absolute Gasteiger partial charge is 0.161 e. The normalized spacial score (nSPS) is 11.7. The summed E-state index contributed by atoms with van der Waals surface area (Å²) in [4.78, 5) is 2.07. The Morgan fingerprint density at radius 2 is 1.83 bits per heavy atom. The van der Waals surface area contributed by atoms with Crippen molar-refractivity contribution in [3.8, 4) is 11.5 Å². The number of aliphatic hydroxyl groups is 1. The standard InChI is InChI=1S/C14H23NO3/c1-14(2,11-16)15(3)9-10-18-13-8-6-5-7-12(13)17-4/h5-8,16H,9-11H2,1-4H3. The van der Waals surface area contributed by atoms with Crippen molar-refractivity contribution in [1.82, 2.24) is 4.90 Å². The molecule has 0 aliphatic carbocycles. The van der Waals surface area contributed by atoms with Gasteiger partial charge >= 0.3 is 0 Å². The average molecular weight is 253 g/mol. The van der Waals surface area contributed by atoms with Crippen molar-refractivity contribution >= 4 is 0 Å². The number of hydrogen-bond donors (Lipinski definition) is 1. The Balaban J connectivity index is 2.47. The quantitative estimate of drug-likeness (QED) is 0.804. The Labute approximate surface area is 109 Å². The van der Waals surface area contributed by atoms with Crippen molar-refractivity contribution in [2.45, 2.75) is 19.4 Å². The number of methoxy groups -OCH3 is 1. The van der Waals surface area contributed by atoms with Crippen molar-refractivity contribution in [3.05, 3.63) is 24.3 Å². The maximum atomic E-state index is 9.26. The van der Waals surface area contributed by atoms with Crippen LogP contribution in [0.4, 0.5) is 0 Å². The summed E-state index contributed by atoms with van der Waals surface area (Å²) < 4.78 is 10.9. The van der Waals surface area contributed by atoms with Gasteiger partial charge in [0.1, 0.15) is 6.61 Å². The van der Waals surface area contributed by atoms with E-state index in [0.717, 1.165) is 18.0 Å². The molecule has 0 aliphatic heterocycles. The van der Waals surface area contributed by atoms with Gasteiger partial charge in [-0.15, -0.1) is 0 Å². The fraction of sp³-hybridized carbons (Fsp3) is 0.571. The van der Waals surface area contributed by atoms with Gasteiger partial charge in [0, 0.05) is 12.1 Å². The molecule has 1 N–H and O–H groups in total. The van der Waals surface area contributed by atoms with Crippen molar-refractivity contribution in [1.29, 1.82) is 0 Å². The molecule has 0 saturated heterocycles. The van der Waals surface area contributed by atoms with E-state index in [2.05, 4.69) is 4.90 Å². The minimum atomic E-state index is -0.232. The van der Waals surface area contributed by atoms with E-state index in [1.54, 1.807) is 7.11 Å². The fourth-order valence-corrected chi connectivity index (χ4v) is 1.45. The third-order valence-corrected chi connectivity index (χ3v) is 3.17. The maximum Gasteiger partial charge on any atom is 0.161 e. The molecule has 4 heteroatoms. The topological polar surface area (TPSA) is 41.9 Å². The monoisotopic (exact) mass is 253 g/mol. The molecule has 0 bridgehead atoms. The highest BCUT2D eigenvalue weighted by atomic mass is 16.5. The molecule has 1 aromatic carbocycles. The lowest BCUT2D eigenvalue weighted by Gasteiger charge is -2.33. The first-order valence-corrected chi connectivity index (χ1v) is 6.09. The lowest BCUT2D eigenvalue weighted by Crippen LogP contribution is -2.45. The number of hydrogen-bond acceptors (Lipinski definition) is 4. The molecule has 0 spiro atoms. The molecule has 0 aliphatic rings. The first kappa shape index (κ1) is 14.8. The third-order valence-electron chi connectivity index (χ3n) is 3.17. The lowest BCUT2D eigenvalue weighted by atomic mass is 10.1. The number of para-hydroxylation sites is 2. The Morgan fingerprint density at radius 1 is 1.22 bits per heavy atom. The number of aliphatic hydroxyl groups excluding tert-OH is 1. The summed E-state index contributed by atoms with van der Waals surface area (Å²) in [6, 6.07) is 7.58. The second-order valence-electron chi connectivity index (χ2n) is 4.89. The van der Waals surface area contributed by atoms with Gasteiger partial charge in [-0.25, -0.2) is 0 Å². The molecule has 0 heterocycles. The number of ether oxygens (including phenoxy) is 2. The molecule has 0 aromatic heterocycles. The molecule has 0 amide bonds. The van der Waals surface area contributed by atoms with Crippen LogP contribution in [0.15, 0.2) is 24.3 Å². The van der Waals surface area contributed by atoms with Crippen LogP contribution in [0.1, 0.15) is 13.8 Å². The van der Waals surface area contributed by atoms with Crippen LogP contribution in [0.3, 0.4) is 0 Å². The molecule has 0 fully saturated rings. The molecule has 1 rings (SSSR count). The fourth-order valence-electron chi connectivity index (χ4n) is 1.45. The molecule has 1 aromatic rings. The number of rotatable bonds is 7. The second kappa shape index (κ2) is 6.61. The van der Waals surface area contributed by atoms with E-state index in [0.29, 0.717) is 6.61 Å². The van der Waals surface area contributed by atoms with Crippen LogP contribution < -0.4 is 9.47 Å². The highest BCUT2D eigenvalue weighted by Crippen LogP contribution is 2.25. The minimum absolute atomic E-state index is 0.123. The highest BCUT2D eigenvalue weighted by Gasteiger charge is 2.21. The predicted octanol–water partition coefficient (Wildman–Crippen LogP) is 1.78. The van der Waals surface area contributed by atoms with Crippen molar-refractivity contribution in [2.24, 2.45) is 0 Å². The average Bonchev–Trinajstić information content (AvgIpc) is 2.39. The summed E-state index contributed by atoms with van der Waals surface area (Å²) in [5.74, 6) is 1.48. The van der Waals surface area contributed by atoms with E-state index < -0.39 is 0 Å². The van der Waals surface area contributed by atoms with Gasteiger partial charge in [-0.2, -0.15) is 0 Å². The van der Waals surface area contributed by atoms with E-state index in [4.69, 9.17) is 9.47 Å². The van der Waals surface area contributed by atoms with Gasteiger partial charge in [-0.1, -0.05) is 12.1 Å². The summed E-state index contributed by atoms with van der Waals surface area (Å²) in [6.07, 6.45) is 0. The molecular formula is C14H23NO3. The van der Waals surface area contributed by atoms with Gasteiger partial charge in [-0.3, -0.25) is 4.90 Å². The van der Waals surface area contributed by atoms with E-state index in [1.807, 2.05) is 45.2 Å². The van der Waals surface area contributed by atoms with E-state index in [9.17, 15) is 5.11 Å². The van der Waals surface area contributed by atoms with Crippen LogP contribution in [0.2, 0.25) is 0 Å². The maximum absolute atomic E-state index is 9.26. The molecule has 0 radical (unpaired) electrons. The summed E-state index contributed by atoms with van der Waals surface area (Å²) in [6.45, 7) is 5.41. The van der Waals surface area contributed by atoms with Crippen molar-refractivity contribution in [2.75, 3.05) is 33.9 Å². The lowest BCUT2D eigenvalue weighted by molar-refractivity contribution is 0.0675. The number of benzene rings is 1. The van der Waals surface area contributed by atoms with Crippen molar-refractivity contribution in [3.63, 3.8) is 0 Å². The van der Waals surface area contributed by atoms with Crippen LogP contribution in [0.25, 0.3) is 0 Å². The second-order valence-corrected chi connectivity index (χ2v) is 4.89. The summed E-state index contributed by atoms with van der Waals surface area (Å²) in [5, 5.41) is 9.26. The molecular weight excluding hydrogens is 230 g/mol. The van der Waals surface area contributed by atoms with E-state index in [1.165, 1.54) is 0 Å². The Hall–Kier alpha value is -1.26. The van der Waals surface area contributed by atoms with Gasteiger partial charge < -0.3 is 14.6 Å². The molecule has 4 nitrogen and oxygen atoms in total. The minimum Gasteiger partial charge on any atom is -0.493 e. The summed E-state index contributed by atoms with van der Waals surface area (Å²) in [5.41, 5.74) is -0.232. The molecule has 0 atom stereocenters. The van der Waals surface area contributed by atoms with Crippen LogP contribution in [0, 0.1) is 0 Å². The SMILES string of the molecule is COc1ccccc1OCCN(C)C(C)(C)CO. The molecule has 0 saturated carbocycles. The molecule has 18 heavy (non-hydrogen) atoms. The summed E-state index contributed by atoms with van der Waals surface area (Å²) >= 11 is 0. The largest absolute Gasteiger partial charge is 0.493 e. The van der Waals surface area contributed by atoms with Gasteiger partial charge in [0.2, 0.25) is 0 Å². The first-order chi connectivity index (χ1) is 8.51. The van der Waals surface area contributed by atoms with Gasteiger partial charge in [-0.05, 0) is 33.0 Å². The van der Waals surface area contributed by atoms with Gasteiger partial charge in [0.05, 0.1) is 13.7 Å². The van der Waals surface area contributed by atoms with Crippen LogP contribution in [0.5, 0.6) is 11.5 Å². The summed E-state index contributed by atoms with van der Waals surface area (Å²) in [7, 11) is 3.60. The number of nitrogens with zero attached hydrogens (tertiary/aromatic N) is 1. The number of likely N-dealkylation sites (N-methyl/N-ethyl adjacent to an activating group) is 1. The van der Waals surface area contributed by atoms with Gasteiger partial charge in [0.15, 0.2) is 11.5 Å². The van der Waals surface area contributed by atoms with Crippen LogP contribution in [-0.4, -0.2) is 49.5 Å². The van der Waals surface area contributed by atoms with Crippen LogP contribution in [-0.2, 0) is 0 Å². The zero-order valence-corrected chi connectivity index (χ0v) is 11.6. The van der Waals surface area contributed by atoms with E-state index in [-0.39, 0.29) is 12.1 Å². The predicted molar refractivity (Wildman–Crippen MR) is 72.3 cm³/mol. The Kier molecular flexibility index (Phi) is 5.44. The Bertz CT molecular complexity index is 366.